The average Bonchev–Trinajstić information content (AvgIpc) is 2.58. The van der Waals surface area contributed by atoms with Gasteiger partial charge < -0.3 is 4.84 Å². The molecule has 0 heterocycles. The van der Waals surface area contributed by atoms with Gasteiger partial charge in [0, 0.05) is 12.8 Å². The normalized spacial score (nSPS) is 9.85. The second kappa shape index (κ2) is 12.0. The molecule has 0 bridgehead atoms. The molecule has 0 saturated carbocycles. The van der Waals surface area contributed by atoms with Crippen LogP contribution in [0.2, 0.25) is 0 Å². The number of carbonyl (C=O) groups is 2. The highest BCUT2D eigenvalue weighted by Gasteiger charge is 2.20. The van der Waals surface area contributed by atoms with Crippen LogP contribution in [0.5, 0.6) is 0 Å². The lowest BCUT2D eigenvalue weighted by molar-refractivity contribution is -0.117. The Morgan fingerprint density at radius 2 is 1.38 bits per heavy atom. The Bertz CT molecular complexity index is 641. The Balaban J connectivity index is 2.76. The van der Waals surface area contributed by atoms with Crippen molar-refractivity contribution in [2.75, 3.05) is 0 Å². The van der Waals surface area contributed by atoms with E-state index in [9.17, 15) is 9.59 Å². The van der Waals surface area contributed by atoms with Gasteiger partial charge in [-0.15, -0.1) is 0 Å². The predicted molar refractivity (Wildman–Crippen MR) is 106 cm³/mol. The summed E-state index contributed by atoms with van der Waals surface area (Å²) in [5, 5.41) is 3.89. The minimum atomic E-state index is -0.266. The van der Waals surface area contributed by atoms with Gasteiger partial charge in [-0.25, -0.2) is 0 Å². The van der Waals surface area contributed by atoms with Crippen molar-refractivity contribution in [3.05, 3.63) is 59.2 Å². The Labute approximate surface area is 156 Å². The highest BCUT2D eigenvalue weighted by molar-refractivity contribution is 6.66. The van der Waals surface area contributed by atoms with Crippen LogP contribution in [-0.4, -0.2) is 17.3 Å². The van der Waals surface area contributed by atoms with Crippen molar-refractivity contribution >= 4 is 17.3 Å². The Morgan fingerprint density at radius 3 is 1.85 bits per heavy atom. The third-order valence-corrected chi connectivity index (χ3v) is 3.61. The van der Waals surface area contributed by atoms with Crippen molar-refractivity contribution in [2.24, 2.45) is 5.16 Å². The largest absolute Gasteiger partial charge is 0.390 e. The maximum atomic E-state index is 12.4. The van der Waals surface area contributed by atoms with Gasteiger partial charge in [0.05, 0.1) is 0 Å². The molecule has 0 aliphatic rings. The second-order valence-corrected chi connectivity index (χ2v) is 6.69. The van der Waals surface area contributed by atoms with Gasteiger partial charge in [0.2, 0.25) is 0 Å². The lowest BCUT2D eigenvalue weighted by atomic mass is 10.0. The highest BCUT2D eigenvalue weighted by Crippen LogP contribution is 2.06. The van der Waals surface area contributed by atoms with Crippen LogP contribution in [0.3, 0.4) is 0 Å². The summed E-state index contributed by atoms with van der Waals surface area (Å²) in [7, 11) is 0. The molecule has 0 fully saturated rings. The molecule has 1 rings (SSSR count). The van der Waals surface area contributed by atoms with Gasteiger partial charge in [0.25, 0.3) is 0 Å². The minimum Gasteiger partial charge on any atom is -0.390 e. The first-order chi connectivity index (χ1) is 12.4. The maximum absolute atomic E-state index is 12.4. The summed E-state index contributed by atoms with van der Waals surface area (Å²) in [5.41, 5.74) is 3.15. The molecule has 0 saturated heterocycles. The number of ketones is 2. The van der Waals surface area contributed by atoms with Gasteiger partial charge >= 0.3 is 0 Å². The fraction of sp³-hybridized carbons (Fsp3) is 0.409. The molecule has 0 aliphatic carbocycles. The first-order valence-electron chi connectivity index (χ1n) is 8.97. The van der Waals surface area contributed by atoms with Crippen molar-refractivity contribution < 1.29 is 14.4 Å². The SMILES string of the molecule is CC(C)=CCCC(=O)C(=NOCc1ccccc1)C(=O)CCC=C(C)C. The molecular weight excluding hydrogens is 326 g/mol. The number of rotatable bonds is 11. The first kappa shape index (κ1) is 21.6. The molecule has 0 atom stereocenters. The molecule has 140 valence electrons. The molecule has 0 N–H and O–H groups in total. The van der Waals surface area contributed by atoms with Gasteiger partial charge in [-0.05, 0) is 46.1 Å². The van der Waals surface area contributed by atoms with Gasteiger partial charge in [-0.1, -0.05) is 58.8 Å². The fourth-order valence-electron chi connectivity index (χ4n) is 2.22. The number of carbonyl (C=O) groups excluding carboxylic acids is 2. The third kappa shape index (κ3) is 9.11. The van der Waals surface area contributed by atoms with E-state index in [0.29, 0.717) is 12.8 Å². The van der Waals surface area contributed by atoms with E-state index >= 15 is 0 Å². The summed E-state index contributed by atoms with van der Waals surface area (Å²) in [4.78, 5) is 30.2. The zero-order valence-corrected chi connectivity index (χ0v) is 16.2. The quantitative estimate of drug-likeness (QED) is 0.237. The molecule has 0 aromatic heterocycles. The molecule has 0 aliphatic heterocycles. The van der Waals surface area contributed by atoms with Crippen molar-refractivity contribution in [2.45, 2.75) is 60.0 Å². The van der Waals surface area contributed by atoms with E-state index in [2.05, 4.69) is 5.16 Å². The minimum absolute atomic E-state index is 0.0785. The summed E-state index contributed by atoms with van der Waals surface area (Å²) in [6, 6.07) is 9.53. The van der Waals surface area contributed by atoms with E-state index in [-0.39, 0.29) is 36.7 Å². The zero-order valence-electron chi connectivity index (χ0n) is 16.2. The topological polar surface area (TPSA) is 55.7 Å². The van der Waals surface area contributed by atoms with Crippen molar-refractivity contribution in [1.82, 2.24) is 0 Å². The van der Waals surface area contributed by atoms with Crippen molar-refractivity contribution in [3.63, 3.8) is 0 Å². The summed E-state index contributed by atoms with van der Waals surface area (Å²) in [5.74, 6) is -0.532. The van der Waals surface area contributed by atoms with Crippen LogP contribution in [0.15, 0.2) is 58.8 Å². The lowest BCUT2D eigenvalue weighted by Crippen LogP contribution is -2.24. The Kier molecular flexibility index (Phi) is 9.91. The lowest BCUT2D eigenvalue weighted by Gasteiger charge is -2.05. The van der Waals surface area contributed by atoms with Crippen LogP contribution < -0.4 is 0 Å². The third-order valence-electron chi connectivity index (χ3n) is 3.61. The number of allylic oxidation sites excluding steroid dienone is 4. The number of Topliss-reactive ketones (excluding diaryl/α,β-unsaturated/α-hetero) is 2. The van der Waals surface area contributed by atoms with Crippen LogP contribution in [0.25, 0.3) is 0 Å². The van der Waals surface area contributed by atoms with Gasteiger partial charge in [-0.3, -0.25) is 9.59 Å². The van der Waals surface area contributed by atoms with Crippen molar-refractivity contribution in [3.8, 4) is 0 Å². The molecule has 0 radical (unpaired) electrons. The standard InChI is InChI=1S/C22H29NO3/c1-17(2)10-8-14-20(24)22(21(25)15-9-11-18(3)4)23-26-16-19-12-6-5-7-13-19/h5-7,10-13H,8-9,14-16H2,1-4H3. The zero-order chi connectivity index (χ0) is 19.4. The van der Waals surface area contributed by atoms with Crippen LogP contribution >= 0.6 is 0 Å². The molecule has 0 spiro atoms. The Morgan fingerprint density at radius 1 is 0.885 bits per heavy atom. The molecule has 26 heavy (non-hydrogen) atoms. The van der Waals surface area contributed by atoms with E-state index in [1.807, 2.05) is 70.2 Å². The first-order valence-corrected chi connectivity index (χ1v) is 8.97. The Hall–Kier alpha value is -2.49. The fourth-order valence-corrected chi connectivity index (χ4v) is 2.22. The van der Waals surface area contributed by atoms with Crippen LogP contribution in [0.1, 0.15) is 58.9 Å². The molecule has 0 amide bonds. The summed E-state index contributed by atoms with van der Waals surface area (Å²) >= 11 is 0. The van der Waals surface area contributed by atoms with Crippen LogP contribution in [0, 0.1) is 0 Å². The highest BCUT2D eigenvalue weighted by atomic mass is 16.6. The number of hydrogen-bond acceptors (Lipinski definition) is 4. The molecule has 4 heteroatoms. The molecule has 1 aromatic rings. The van der Waals surface area contributed by atoms with E-state index in [4.69, 9.17) is 4.84 Å². The van der Waals surface area contributed by atoms with Crippen LogP contribution in [0.4, 0.5) is 0 Å². The number of nitrogens with zero attached hydrogens (tertiary/aromatic N) is 1. The molecule has 0 unspecified atom stereocenters. The van der Waals surface area contributed by atoms with E-state index in [0.717, 1.165) is 16.7 Å². The number of hydrogen-bond donors (Lipinski definition) is 0. The summed E-state index contributed by atoms with van der Waals surface area (Å²) in [6.45, 7) is 8.15. The van der Waals surface area contributed by atoms with E-state index < -0.39 is 0 Å². The summed E-state index contributed by atoms with van der Waals surface area (Å²) in [6.07, 6.45) is 5.67. The predicted octanol–water partition coefficient (Wildman–Crippen LogP) is 5.19. The number of benzene rings is 1. The average molecular weight is 355 g/mol. The number of oxime groups is 1. The van der Waals surface area contributed by atoms with Gasteiger partial charge in [0.1, 0.15) is 6.61 Å². The monoisotopic (exact) mass is 355 g/mol. The smallest absolute Gasteiger partial charge is 0.188 e. The summed E-state index contributed by atoms with van der Waals surface area (Å²) < 4.78 is 0. The van der Waals surface area contributed by atoms with Gasteiger partial charge in [-0.2, -0.15) is 0 Å². The van der Waals surface area contributed by atoms with E-state index in [1.165, 1.54) is 0 Å². The second-order valence-electron chi connectivity index (χ2n) is 6.69. The maximum Gasteiger partial charge on any atom is 0.188 e. The van der Waals surface area contributed by atoms with E-state index in [1.54, 1.807) is 0 Å². The van der Waals surface area contributed by atoms with Crippen molar-refractivity contribution in [1.29, 1.82) is 0 Å². The van der Waals surface area contributed by atoms with Gasteiger partial charge in [0.15, 0.2) is 17.3 Å². The molecule has 1 aromatic carbocycles. The molecule has 4 nitrogen and oxygen atoms in total. The van der Waals surface area contributed by atoms with Crippen LogP contribution in [-0.2, 0) is 21.0 Å². The molecular formula is C22H29NO3.